The van der Waals surface area contributed by atoms with E-state index in [4.69, 9.17) is 4.74 Å². The predicted molar refractivity (Wildman–Crippen MR) is 98.9 cm³/mol. The quantitative estimate of drug-likeness (QED) is 0.258. The van der Waals surface area contributed by atoms with Gasteiger partial charge in [-0.15, -0.1) is 0 Å². The summed E-state index contributed by atoms with van der Waals surface area (Å²) in [4.78, 5) is 24.5. The van der Waals surface area contributed by atoms with E-state index in [2.05, 4.69) is 5.73 Å². The van der Waals surface area contributed by atoms with Crippen molar-refractivity contribution in [1.82, 2.24) is 0 Å². The number of ketones is 1. The third-order valence-electron chi connectivity index (χ3n) is 3.49. The van der Waals surface area contributed by atoms with Crippen LogP contribution in [0.15, 0.2) is 72.2 Å². The molecule has 0 saturated heterocycles. The highest BCUT2D eigenvalue weighted by atomic mass is 16.5. The molecule has 0 amide bonds. The summed E-state index contributed by atoms with van der Waals surface area (Å²) in [7, 11) is 0. The maximum absolute atomic E-state index is 13.0. The van der Waals surface area contributed by atoms with Crippen LogP contribution < -0.4 is 0 Å². The molecule has 0 aliphatic carbocycles. The number of ether oxygens (including phenoxy) is 1. The van der Waals surface area contributed by atoms with E-state index in [1.807, 2.05) is 69.3 Å². The molecule has 0 fully saturated rings. The SMILES string of the molecule is CC(=O)OC(=C=C(C(=O)c1ccccc1)c1ccccc1)C(C)(C)C. The van der Waals surface area contributed by atoms with Crippen LogP contribution in [0, 0.1) is 5.41 Å². The molecule has 0 aliphatic heterocycles. The molecule has 0 unspecified atom stereocenters. The molecule has 0 N–H and O–H groups in total. The van der Waals surface area contributed by atoms with Crippen molar-refractivity contribution < 1.29 is 14.3 Å². The monoisotopic (exact) mass is 334 g/mol. The van der Waals surface area contributed by atoms with E-state index in [-0.39, 0.29) is 5.78 Å². The molecule has 0 heterocycles. The molecule has 2 aromatic carbocycles. The van der Waals surface area contributed by atoms with Gasteiger partial charge in [0.15, 0.2) is 5.76 Å². The smallest absolute Gasteiger partial charge is 0.308 e. The van der Waals surface area contributed by atoms with Gasteiger partial charge in [-0.25, -0.2) is 0 Å². The summed E-state index contributed by atoms with van der Waals surface area (Å²) in [6.07, 6.45) is 0. The Balaban J connectivity index is 2.71. The second kappa shape index (κ2) is 7.78. The normalized spacial score (nSPS) is 10.6. The molecule has 0 aromatic heterocycles. The van der Waals surface area contributed by atoms with Crippen LogP contribution in [0.5, 0.6) is 0 Å². The van der Waals surface area contributed by atoms with Gasteiger partial charge in [-0.1, -0.05) is 87.2 Å². The Bertz CT molecular complexity index is 819. The molecule has 0 atom stereocenters. The van der Waals surface area contributed by atoms with Gasteiger partial charge in [0.05, 0.1) is 5.57 Å². The van der Waals surface area contributed by atoms with Crippen molar-refractivity contribution in [2.75, 3.05) is 0 Å². The summed E-state index contributed by atoms with van der Waals surface area (Å²) in [5.74, 6) is -0.263. The summed E-state index contributed by atoms with van der Waals surface area (Å²) < 4.78 is 5.35. The van der Waals surface area contributed by atoms with E-state index in [1.54, 1.807) is 12.1 Å². The first-order chi connectivity index (χ1) is 11.8. The fourth-order valence-corrected chi connectivity index (χ4v) is 2.22. The van der Waals surface area contributed by atoms with Crippen LogP contribution in [0.4, 0.5) is 0 Å². The lowest BCUT2D eigenvalue weighted by Gasteiger charge is -2.20. The summed E-state index contributed by atoms with van der Waals surface area (Å²) in [6.45, 7) is 7.07. The number of carbonyl (C=O) groups excluding carboxylic acids is 2. The number of hydrogen-bond donors (Lipinski definition) is 0. The van der Waals surface area contributed by atoms with E-state index < -0.39 is 11.4 Å². The van der Waals surface area contributed by atoms with Gasteiger partial charge >= 0.3 is 5.97 Å². The van der Waals surface area contributed by atoms with Crippen LogP contribution in [0.3, 0.4) is 0 Å². The van der Waals surface area contributed by atoms with Crippen molar-refractivity contribution in [3.63, 3.8) is 0 Å². The van der Waals surface area contributed by atoms with Crippen LogP contribution in [-0.4, -0.2) is 11.8 Å². The van der Waals surface area contributed by atoms with Gasteiger partial charge in [-0.2, -0.15) is 0 Å². The Morgan fingerprint density at radius 3 is 1.76 bits per heavy atom. The largest absolute Gasteiger partial charge is 0.422 e. The van der Waals surface area contributed by atoms with Crippen molar-refractivity contribution in [3.8, 4) is 0 Å². The van der Waals surface area contributed by atoms with Gasteiger partial charge in [-0.05, 0) is 5.56 Å². The Morgan fingerprint density at radius 2 is 1.32 bits per heavy atom. The minimum absolute atomic E-state index is 0.166. The third-order valence-corrected chi connectivity index (χ3v) is 3.49. The number of benzene rings is 2. The molecule has 2 aromatic rings. The van der Waals surface area contributed by atoms with Gasteiger partial charge in [-0.3, -0.25) is 9.59 Å². The Kier molecular flexibility index (Phi) is 5.74. The zero-order valence-corrected chi connectivity index (χ0v) is 15.0. The number of Topliss-reactive ketones (excluding diaryl/α,β-unsaturated/α-hetero) is 1. The van der Waals surface area contributed by atoms with Gasteiger partial charge in [0, 0.05) is 17.9 Å². The molecule has 25 heavy (non-hydrogen) atoms. The van der Waals surface area contributed by atoms with Crippen molar-refractivity contribution in [2.24, 2.45) is 5.41 Å². The average molecular weight is 334 g/mol. The van der Waals surface area contributed by atoms with E-state index in [1.165, 1.54) is 6.92 Å². The molecule has 0 saturated carbocycles. The van der Waals surface area contributed by atoms with Gasteiger partial charge in [0.1, 0.15) is 0 Å². The maximum atomic E-state index is 13.0. The number of esters is 1. The number of hydrogen-bond acceptors (Lipinski definition) is 3. The van der Waals surface area contributed by atoms with E-state index in [0.717, 1.165) is 5.56 Å². The molecular weight excluding hydrogens is 312 g/mol. The zero-order valence-electron chi connectivity index (χ0n) is 15.0. The van der Waals surface area contributed by atoms with Gasteiger partial charge < -0.3 is 4.74 Å². The standard InChI is InChI=1S/C22H22O3/c1-16(23)25-20(22(2,3)4)15-19(17-11-7-5-8-12-17)21(24)18-13-9-6-10-14-18/h5-14H,1-4H3. The first-order valence-electron chi connectivity index (χ1n) is 8.14. The predicted octanol–water partition coefficient (Wildman–Crippen LogP) is 5.04. The number of allylic oxidation sites excluding steroid dienone is 1. The Morgan fingerprint density at radius 1 is 0.840 bits per heavy atom. The lowest BCUT2D eigenvalue weighted by molar-refractivity contribution is -0.138. The van der Waals surface area contributed by atoms with E-state index >= 15 is 0 Å². The van der Waals surface area contributed by atoms with Gasteiger partial charge in [0.2, 0.25) is 5.78 Å². The lowest BCUT2D eigenvalue weighted by Crippen LogP contribution is -2.15. The second-order valence-electron chi connectivity index (χ2n) is 6.73. The Labute approximate surface area is 148 Å². The summed E-state index contributed by atoms with van der Waals surface area (Å²) in [5, 5.41) is 0. The van der Waals surface area contributed by atoms with Crippen molar-refractivity contribution in [2.45, 2.75) is 27.7 Å². The van der Waals surface area contributed by atoms with Gasteiger partial charge in [0.25, 0.3) is 0 Å². The third kappa shape index (κ3) is 5.03. The first-order valence-corrected chi connectivity index (χ1v) is 8.14. The second-order valence-corrected chi connectivity index (χ2v) is 6.73. The number of carbonyl (C=O) groups is 2. The summed E-state index contributed by atoms with van der Waals surface area (Å²) >= 11 is 0. The molecule has 3 heteroatoms. The van der Waals surface area contributed by atoms with E-state index in [9.17, 15) is 9.59 Å². The summed E-state index contributed by atoms with van der Waals surface area (Å²) in [5.41, 5.74) is 4.27. The molecule has 128 valence electrons. The van der Waals surface area contributed by atoms with Crippen molar-refractivity contribution in [3.05, 3.63) is 83.3 Å². The van der Waals surface area contributed by atoms with Crippen molar-refractivity contribution in [1.29, 1.82) is 0 Å². The highest BCUT2D eigenvalue weighted by molar-refractivity contribution is 6.28. The minimum atomic E-state index is -0.470. The summed E-state index contributed by atoms with van der Waals surface area (Å²) in [6, 6.07) is 18.3. The maximum Gasteiger partial charge on any atom is 0.308 e. The van der Waals surface area contributed by atoms with Crippen LogP contribution in [-0.2, 0) is 9.53 Å². The molecular formula is C22H22O3. The average Bonchev–Trinajstić information content (AvgIpc) is 2.58. The molecule has 0 bridgehead atoms. The lowest BCUT2D eigenvalue weighted by atomic mass is 9.91. The van der Waals surface area contributed by atoms with Crippen LogP contribution in [0.2, 0.25) is 0 Å². The molecule has 0 radical (unpaired) electrons. The fraction of sp³-hybridized carbons (Fsp3) is 0.227. The Hall–Kier alpha value is -2.90. The topological polar surface area (TPSA) is 43.4 Å². The van der Waals surface area contributed by atoms with Crippen LogP contribution in [0.1, 0.15) is 43.6 Å². The van der Waals surface area contributed by atoms with Crippen molar-refractivity contribution >= 4 is 17.3 Å². The highest BCUT2D eigenvalue weighted by Crippen LogP contribution is 2.28. The van der Waals surface area contributed by atoms with E-state index in [0.29, 0.717) is 16.9 Å². The molecule has 3 nitrogen and oxygen atoms in total. The molecule has 2 rings (SSSR count). The highest BCUT2D eigenvalue weighted by Gasteiger charge is 2.22. The van der Waals surface area contributed by atoms with Crippen LogP contribution in [0.25, 0.3) is 5.57 Å². The number of rotatable bonds is 4. The fourth-order valence-electron chi connectivity index (χ4n) is 2.22. The molecule has 0 aliphatic rings. The van der Waals surface area contributed by atoms with Crippen LogP contribution >= 0.6 is 0 Å². The first kappa shape index (κ1) is 18.4. The molecule has 0 spiro atoms. The zero-order chi connectivity index (χ0) is 18.4. The minimum Gasteiger partial charge on any atom is -0.422 e.